The third-order valence-electron chi connectivity index (χ3n) is 3.28. The Labute approximate surface area is 101 Å². The number of nitrogens with zero attached hydrogens (tertiary/aromatic N) is 1. The largest absolute Gasteiger partial charge is 0.299 e. The summed E-state index contributed by atoms with van der Waals surface area (Å²) in [7, 11) is 0. The van der Waals surface area contributed by atoms with Gasteiger partial charge in [0, 0.05) is 18.0 Å². The first kappa shape index (κ1) is 11.9. The summed E-state index contributed by atoms with van der Waals surface area (Å²) in [5.41, 5.74) is 0.798. The first-order valence-electron chi connectivity index (χ1n) is 5.81. The number of hydrogen-bond donors (Lipinski definition) is 0. The Bertz CT molecular complexity index is 334. The highest BCUT2D eigenvalue weighted by Crippen LogP contribution is 2.20. The fourth-order valence-electron chi connectivity index (χ4n) is 2.17. The van der Waals surface area contributed by atoms with Gasteiger partial charge in [0.15, 0.2) is 0 Å². The van der Waals surface area contributed by atoms with Gasteiger partial charge in [-0.15, -0.1) is 11.6 Å². The lowest BCUT2D eigenvalue weighted by atomic mass is 9.98. The summed E-state index contributed by atoms with van der Waals surface area (Å²) in [5.74, 6) is 1.31. The zero-order valence-electron chi connectivity index (χ0n) is 9.33. The fraction of sp³-hybridized carbons (Fsp3) is 0.538. The van der Waals surface area contributed by atoms with E-state index in [1.807, 2.05) is 12.1 Å². The highest BCUT2D eigenvalue weighted by atomic mass is 35.5. The van der Waals surface area contributed by atoms with E-state index in [4.69, 9.17) is 11.6 Å². The van der Waals surface area contributed by atoms with Crippen LogP contribution in [0.15, 0.2) is 24.3 Å². The van der Waals surface area contributed by atoms with Gasteiger partial charge in [0.05, 0.1) is 0 Å². The van der Waals surface area contributed by atoms with Crippen LogP contribution in [-0.2, 0) is 6.54 Å². The SMILES string of the molecule is Fc1ccccc1CN1CCC(CCl)CC1. The van der Waals surface area contributed by atoms with E-state index in [0.29, 0.717) is 5.92 Å². The van der Waals surface area contributed by atoms with Crippen molar-refractivity contribution in [3.8, 4) is 0 Å². The molecule has 1 aliphatic rings. The van der Waals surface area contributed by atoms with Crippen LogP contribution < -0.4 is 0 Å². The number of halogens is 2. The Hall–Kier alpha value is -0.600. The number of likely N-dealkylation sites (tertiary alicyclic amines) is 1. The Kier molecular flexibility index (Phi) is 4.19. The minimum Gasteiger partial charge on any atom is -0.299 e. The minimum atomic E-state index is -0.0954. The van der Waals surface area contributed by atoms with E-state index in [-0.39, 0.29) is 5.82 Å². The molecule has 0 atom stereocenters. The van der Waals surface area contributed by atoms with Gasteiger partial charge in [0.25, 0.3) is 0 Å². The molecule has 0 saturated carbocycles. The van der Waals surface area contributed by atoms with Gasteiger partial charge in [-0.1, -0.05) is 18.2 Å². The van der Waals surface area contributed by atoms with Crippen molar-refractivity contribution in [3.63, 3.8) is 0 Å². The van der Waals surface area contributed by atoms with E-state index in [0.717, 1.165) is 43.9 Å². The second-order valence-electron chi connectivity index (χ2n) is 4.47. The van der Waals surface area contributed by atoms with Gasteiger partial charge < -0.3 is 0 Å². The Morgan fingerprint density at radius 3 is 2.56 bits per heavy atom. The van der Waals surface area contributed by atoms with Crippen LogP contribution in [0.4, 0.5) is 4.39 Å². The average Bonchev–Trinajstić information content (AvgIpc) is 2.33. The first-order valence-corrected chi connectivity index (χ1v) is 6.35. The van der Waals surface area contributed by atoms with Gasteiger partial charge in [-0.05, 0) is 37.9 Å². The van der Waals surface area contributed by atoms with Crippen LogP contribution in [0.1, 0.15) is 18.4 Å². The summed E-state index contributed by atoms with van der Waals surface area (Å²) in [6.07, 6.45) is 2.27. The molecule has 1 heterocycles. The van der Waals surface area contributed by atoms with Gasteiger partial charge in [-0.2, -0.15) is 0 Å². The third-order valence-corrected chi connectivity index (χ3v) is 3.71. The van der Waals surface area contributed by atoms with Crippen molar-refractivity contribution >= 4 is 11.6 Å². The van der Waals surface area contributed by atoms with Crippen molar-refractivity contribution < 1.29 is 4.39 Å². The predicted molar refractivity (Wildman–Crippen MR) is 65.1 cm³/mol. The normalized spacial score (nSPS) is 18.9. The molecular formula is C13H17ClFN. The molecule has 1 aliphatic heterocycles. The van der Waals surface area contributed by atoms with E-state index in [9.17, 15) is 4.39 Å². The molecule has 0 spiro atoms. The molecule has 1 saturated heterocycles. The molecule has 0 aliphatic carbocycles. The second-order valence-corrected chi connectivity index (χ2v) is 4.77. The van der Waals surface area contributed by atoms with Gasteiger partial charge in [0.2, 0.25) is 0 Å². The molecule has 0 radical (unpaired) electrons. The molecular weight excluding hydrogens is 225 g/mol. The van der Waals surface area contributed by atoms with Crippen LogP contribution in [0.5, 0.6) is 0 Å². The summed E-state index contributed by atoms with van der Waals surface area (Å²) >= 11 is 5.83. The van der Waals surface area contributed by atoms with E-state index in [1.54, 1.807) is 6.07 Å². The number of piperidine rings is 1. The lowest BCUT2D eigenvalue weighted by molar-refractivity contribution is 0.184. The van der Waals surface area contributed by atoms with Gasteiger partial charge in [-0.3, -0.25) is 4.90 Å². The summed E-state index contributed by atoms with van der Waals surface area (Å²) in [5, 5.41) is 0. The number of rotatable bonds is 3. The molecule has 0 N–H and O–H groups in total. The predicted octanol–water partition coefficient (Wildman–Crippen LogP) is 3.28. The molecule has 1 aromatic rings. The number of benzene rings is 1. The standard InChI is InChI=1S/C13H17ClFN/c14-9-11-5-7-16(8-6-11)10-12-3-1-2-4-13(12)15/h1-4,11H,5-10H2. The molecule has 2 rings (SSSR count). The van der Waals surface area contributed by atoms with Crippen molar-refractivity contribution in [3.05, 3.63) is 35.6 Å². The highest BCUT2D eigenvalue weighted by molar-refractivity contribution is 6.18. The van der Waals surface area contributed by atoms with Crippen LogP contribution in [0, 0.1) is 11.7 Å². The molecule has 0 bridgehead atoms. The zero-order chi connectivity index (χ0) is 11.4. The Morgan fingerprint density at radius 1 is 1.25 bits per heavy atom. The zero-order valence-corrected chi connectivity index (χ0v) is 10.1. The van der Waals surface area contributed by atoms with Gasteiger partial charge in [0.1, 0.15) is 5.82 Å². The molecule has 0 amide bonds. The van der Waals surface area contributed by atoms with E-state index in [1.165, 1.54) is 6.07 Å². The van der Waals surface area contributed by atoms with Gasteiger partial charge in [-0.25, -0.2) is 4.39 Å². The molecule has 88 valence electrons. The van der Waals surface area contributed by atoms with Crippen molar-refractivity contribution in [1.29, 1.82) is 0 Å². The van der Waals surface area contributed by atoms with Crippen LogP contribution >= 0.6 is 11.6 Å². The maximum absolute atomic E-state index is 13.4. The molecule has 3 heteroatoms. The van der Waals surface area contributed by atoms with Gasteiger partial charge >= 0.3 is 0 Å². The van der Waals surface area contributed by atoms with Crippen LogP contribution in [0.2, 0.25) is 0 Å². The Morgan fingerprint density at radius 2 is 1.94 bits per heavy atom. The van der Waals surface area contributed by atoms with Crippen LogP contribution in [-0.4, -0.2) is 23.9 Å². The van der Waals surface area contributed by atoms with Crippen LogP contribution in [0.25, 0.3) is 0 Å². The van der Waals surface area contributed by atoms with Crippen molar-refractivity contribution in [2.75, 3.05) is 19.0 Å². The van der Waals surface area contributed by atoms with Crippen molar-refractivity contribution in [2.45, 2.75) is 19.4 Å². The maximum Gasteiger partial charge on any atom is 0.127 e. The monoisotopic (exact) mass is 241 g/mol. The summed E-state index contributed by atoms with van der Waals surface area (Å²) in [4.78, 5) is 2.31. The molecule has 1 aromatic carbocycles. The molecule has 1 nitrogen and oxygen atoms in total. The average molecular weight is 242 g/mol. The number of hydrogen-bond acceptors (Lipinski definition) is 1. The van der Waals surface area contributed by atoms with Crippen molar-refractivity contribution in [2.24, 2.45) is 5.92 Å². The summed E-state index contributed by atoms with van der Waals surface area (Å²) in [6.45, 7) is 2.79. The summed E-state index contributed by atoms with van der Waals surface area (Å²) in [6, 6.07) is 7.02. The fourth-order valence-corrected chi connectivity index (χ4v) is 2.47. The molecule has 0 aromatic heterocycles. The smallest absolute Gasteiger partial charge is 0.127 e. The molecule has 1 fully saturated rings. The summed E-state index contributed by atoms with van der Waals surface area (Å²) < 4.78 is 13.4. The lowest BCUT2D eigenvalue weighted by Gasteiger charge is -2.31. The quantitative estimate of drug-likeness (QED) is 0.735. The minimum absolute atomic E-state index is 0.0954. The number of alkyl halides is 1. The first-order chi connectivity index (χ1) is 7.79. The van der Waals surface area contributed by atoms with Crippen molar-refractivity contribution in [1.82, 2.24) is 4.90 Å². The van der Waals surface area contributed by atoms with Crippen LogP contribution in [0.3, 0.4) is 0 Å². The van der Waals surface area contributed by atoms with E-state index < -0.39 is 0 Å². The topological polar surface area (TPSA) is 3.24 Å². The van der Waals surface area contributed by atoms with E-state index in [2.05, 4.69) is 4.90 Å². The lowest BCUT2D eigenvalue weighted by Crippen LogP contribution is -2.33. The molecule has 0 unspecified atom stereocenters. The van der Waals surface area contributed by atoms with E-state index >= 15 is 0 Å². The maximum atomic E-state index is 13.4. The second kappa shape index (κ2) is 5.65. The molecule has 16 heavy (non-hydrogen) atoms. The Balaban J connectivity index is 1.89. The third kappa shape index (κ3) is 2.96. The highest BCUT2D eigenvalue weighted by Gasteiger charge is 2.18.